The average Bonchev–Trinajstić information content (AvgIpc) is 2.50. The van der Waals surface area contributed by atoms with Crippen molar-refractivity contribution in [3.8, 4) is 0 Å². The first-order chi connectivity index (χ1) is 10.6. The lowest BCUT2D eigenvalue weighted by molar-refractivity contribution is -0.384. The Balaban J connectivity index is 2.04. The topological polar surface area (TPSA) is 68.1 Å². The lowest BCUT2D eigenvalue weighted by Gasteiger charge is -2.11. The summed E-state index contributed by atoms with van der Waals surface area (Å²) in [5, 5.41) is 14.6. The van der Waals surface area contributed by atoms with E-state index >= 15 is 0 Å². The Bertz CT molecular complexity index is 880. The van der Waals surface area contributed by atoms with Gasteiger partial charge < -0.3 is 5.32 Å². The molecule has 3 rings (SSSR count). The van der Waals surface area contributed by atoms with E-state index in [-0.39, 0.29) is 17.0 Å². The number of benzene rings is 2. The summed E-state index contributed by atoms with van der Waals surface area (Å²) in [6.07, 6.45) is 1.52. The van der Waals surface area contributed by atoms with Gasteiger partial charge in [0.25, 0.3) is 5.69 Å². The minimum absolute atomic E-state index is 0.0358. The smallest absolute Gasteiger partial charge is 0.269 e. The number of anilines is 2. The molecule has 0 bridgehead atoms. The standard InChI is InChI=1S/C16H12FN3O2/c1-10-9-11(20(21)22)5-6-14(10)19-15-7-8-18-16-12(15)3-2-4-13(16)17/h2-9H,1H3,(H,18,19). The Morgan fingerprint density at radius 2 is 2.00 bits per heavy atom. The summed E-state index contributed by atoms with van der Waals surface area (Å²) in [6, 6.07) is 11.0. The maximum absolute atomic E-state index is 13.8. The van der Waals surface area contributed by atoms with Gasteiger partial charge in [0.1, 0.15) is 11.3 Å². The number of halogens is 1. The number of para-hydroxylation sites is 1. The van der Waals surface area contributed by atoms with Crippen molar-refractivity contribution in [3.05, 3.63) is 70.2 Å². The lowest BCUT2D eigenvalue weighted by Crippen LogP contribution is -1.97. The molecule has 0 amide bonds. The minimum Gasteiger partial charge on any atom is -0.355 e. The van der Waals surface area contributed by atoms with E-state index in [9.17, 15) is 14.5 Å². The summed E-state index contributed by atoms with van der Waals surface area (Å²) < 4.78 is 13.8. The van der Waals surface area contributed by atoms with Crippen LogP contribution in [0.15, 0.2) is 48.7 Å². The molecule has 22 heavy (non-hydrogen) atoms. The van der Waals surface area contributed by atoms with Crippen LogP contribution in [0, 0.1) is 22.9 Å². The Labute approximate surface area is 125 Å². The first-order valence-corrected chi connectivity index (χ1v) is 6.61. The SMILES string of the molecule is Cc1cc([N+](=O)[O-])ccc1Nc1ccnc2c(F)cccc12. The zero-order chi connectivity index (χ0) is 15.7. The average molecular weight is 297 g/mol. The van der Waals surface area contributed by atoms with Gasteiger partial charge in [-0.15, -0.1) is 0 Å². The van der Waals surface area contributed by atoms with E-state index in [0.717, 1.165) is 11.3 Å². The van der Waals surface area contributed by atoms with Crippen molar-refractivity contribution in [3.63, 3.8) is 0 Å². The summed E-state index contributed by atoms with van der Waals surface area (Å²) in [7, 11) is 0. The second-order valence-corrected chi connectivity index (χ2v) is 4.88. The highest BCUT2D eigenvalue weighted by molar-refractivity contribution is 5.93. The van der Waals surface area contributed by atoms with E-state index < -0.39 is 4.92 Å². The van der Waals surface area contributed by atoms with Crippen molar-refractivity contribution in [2.24, 2.45) is 0 Å². The molecule has 2 aromatic carbocycles. The summed E-state index contributed by atoms with van der Waals surface area (Å²) in [5.74, 6) is -0.387. The third-order valence-corrected chi connectivity index (χ3v) is 3.41. The molecule has 1 heterocycles. The summed E-state index contributed by atoms with van der Waals surface area (Å²) in [4.78, 5) is 14.4. The number of fused-ring (bicyclic) bond motifs is 1. The molecule has 1 aromatic heterocycles. The van der Waals surface area contributed by atoms with Gasteiger partial charge in [-0.05, 0) is 30.7 Å². The fraction of sp³-hybridized carbons (Fsp3) is 0.0625. The number of aromatic nitrogens is 1. The zero-order valence-electron chi connectivity index (χ0n) is 11.7. The summed E-state index contributed by atoms with van der Waals surface area (Å²) >= 11 is 0. The molecule has 0 unspecified atom stereocenters. The van der Waals surface area contributed by atoms with E-state index in [1.165, 1.54) is 24.4 Å². The van der Waals surface area contributed by atoms with Crippen LogP contribution in [0.4, 0.5) is 21.5 Å². The third-order valence-electron chi connectivity index (χ3n) is 3.41. The van der Waals surface area contributed by atoms with Crippen LogP contribution in [0.25, 0.3) is 10.9 Å². The van der Waals surface area contributed by atoms with E-state index in [1.54, 1.807) is 31.2 Å². The molecule has 110 valence electrons. The van der Waals surface area contributed by atoms with Gasteiger partial charge in [-0.2, -0.15) is 0 Å². The first kappa shape index (κ1) is 13.9. The van der Waals surface area contributed by atoms with E-state index in [1.807, 2.05) is 0 Å². The van der Waals surface area contributed by atoms with Gasteiger partial charge in [0.05, 0.1) is 4.92 Å². The summed E-state index contributed by atoms with van der Waals surface area (Å²) in [5.41, 5.74) is 2.47. The van der Waals surface area contributed by atoms with Crippen LogP contribution in [0.1, 0.15) is 5.56 Å². The number of aryl methyl sites for hydroxylation is 1. The largest absolute Gasteiger partial charge is 0.355 e. The highest BCUT2D eigenvalue weighted by Crippen LogP contribution is 2.29. The fourth-order valence-electron chi connectivity index (χ4n) is 2.30. The van der Waals surface area contributed by atoms with Gasteiger partial charge >= 0.3 is 0 Å². The number of non-ortho nitro benzene ring substituents is 1. The molecule has 0 saturated carbocycles. The molecule has 0 aliphatic carbocycles. The van der Waals surface area contributed by atoms with Crippen molar-refractivity contribution >= 4 is 28.0 Å². The fourth-order valence-corrected chi connectivity index (χ4v) is 2.30. The number of nitro benzene ring substituents is 1. The second-order valence-electron chi connectivity index (χ2n) is 4.88. The van der Waals surface area contributed by atoms with Crippen molar-refractivity contribution < 1.29 is 9.31 Å². The maximum atomic E-state index is 13.8. The number of hydrogen-bond donors (Lipinski definition) is 1. The highest BCUT2D eigenvalue weighted by atomic mass is 19.1. The molecular weight excluding hydrogens is 285 g/mol. The van der Waals surface area contributed by atoms with Gasteiger partial charge in [0.2, 0.25) is 0 Å². The molecule has 6 heteroatoms. The van der Waals surface area contributed by atoms with Crippen LogP contribution in [0.5, 0.6) is 0 Å². The van der Waals surface area contributed by atoms with Crippen LogP contribution in [-0.4, -0.2) is 9.91 Å². The van der Waals surface area contributed by atoms with Crippen molar-refractivity contribution in [1.82, 2.24) is 4.98 Å². The number of nitrogens with one attached hydrogen (secondary N) is 1. The first-order valence-electron chi connectivity index (χ1n) is 6.61. The normalized spacial score (nSPS) is 10.6. The molecule has 3 aromatic rings. The van der Waals surface area contributed by atoms with Crippen LogP contribution in [-0.2, 0) is 0 Å². The number of nitrogens with zero attached hydrogens (tertiary/aromatic N) is 2. The maximum Gasteiger partial charge on any atom is 0.269 e. The Kier molecular flexibility index (Phi) is 3.42. The molecule has 1 N–H and O–H groups in total. The predicted octanol–water partition coefficient (Wildman–Crippen LogP) is 4.33. The molecule has 0 aliphatic rings. The quantitative estimate of drug-likeness (QED) is 0.577. The monoisotopic (exact) mass is 297 g/mol. The van der Waals surface area contributed by atoms with Crippen LogP contribution < -0.4 is 5.32 Å². The number of nitro groups is 1. The minimum atomic E-state index is -0.437. The van der Waals surface area contributed by atoms with Crippen LogP contribution in [0.3, 0.4) is 0 Å². The van der Waals surface area contributed by atoms with Gasteiger partial charge in [-0.3, -0.25) is 15.1 Å². The number of pyridine rings is 1. The van der Waals surface area contributed by atoms with Gasteiger partial charge in [-0.25, -0.2) is 4.39 Å². The molecular formula is C16H12FN3O2. The Morgan fingerprint density at radius 3 is 2.73 bits per heavy atom. The second kappa shape index (κ2) is 5.40. The molecule has 0 atom stereocenters. The van der Waals surface area contributed by atoms with Gasteiger partial charge in [0.15, 0.2) is 0 Å². The zero-order valence-corrected chi connectivity index (χ0v) is 11.7. The number of rotatable bonds is 3. The predicted molar refractivity (Wildman–Crippen MR) is 82.8 cm³/mol. The van der Waals surface area contributed by atoms with E-state index in [2.05, 4.69) is 10.3 Å². The van der Waals surface area contributed by atoms with Gasteiger partial charge in [-0.1, -0.05) is 12.1 Å². The van der Waals surface area contributed by atoms with E-state index in [0.29, 0.717) is 11.1 Å². The molecule has 0 saturated heterocycles. The van der Waals surface area contributed by atoms with Crippen molar-refractivity contribution in [2.75, 3.05) is 5.32 Å². The molecule has 0 aliphatic heterocycles. The molecule has 0 spiro atoms. The van der Waals surface area contributed by atoms with Gasteiger partial charge in [0, 0.05) is 35.1 Å². The Hall–Kier alpha value is -3.02. The van der Waals surface area contributed by atoms with E-state index in [4.69, 9.17) is 0 Å². The molecule has 5 nitrogen and oxygen atoms in total. The highest BCUT2D eigenvalue weighted by Gasteiger charge is 2.10. The van der Waals surface area contributed by atoms with Crippen LogP contribution >= 0.6 is 0 Å². The Morgan fingerprint density at radius 1 is 1.18 bits per heavy atom. The molecule has 0 radical (unpaired) electrons. The van der Waals surface area contributed by atoms with Crippen LogP contribution in [0.2, 0.25) is 0 Å². The lowest BCUT2D eigenvalue weighted by atomic mass is 10.1. The number of hydrogen-bond acceptors (Lipinski definition) is 4. The third kappa shape index (κ3) is 2.46. The van der Waals surface area contributed by atoms with Crippen molar-refractivity contribution in [1.29, 1.82) is 0 Å². The molecule has 0 fully saturated rings. The summed E-state index contributed by atoms with van der Waals surface area (Å²) in [6.45, 7) is 1.78. The van der Waals surface area contributed by atoms with Crippen molar-refractivity contribution in [2.45, 2.75) is 6.92 Å².